The van der Waals surface area contributed by atoms with Crippen LogP contribution in [0.1, 0.15) is 35.5 Å². The molecule has 2 aromatic rings. The lowest BCUT2D eigenvalue weighted by atomic mass is 10.1. The van der Waals surface area contributed by atoms with Crippen LogP contribution in [0.4, 0.5) is 0 Å². The molecule has 22 heavy (non-hydrogen) atoms. The zero-order chi connectivity index (χ0) is 15.6. The average molecular weight is 323 g/mol. The summed E-state index contributed by atoms with van der Waals surface area (Å²) in [7, 11) is 0. The smallest absolute Gasteiger partial charge is 0.254 e. The summed E-state index contributed by atoms with van der Waals surface area (Å²) in [6.45, 7) is 8.07. The van der Waals surface area contributed by atoms with Crippen LogP contribution in [-0.2, 0) is 0 Å². The zero-order valence-electron chi connectivity index (χ0n) is 13.4. The highest BCUT2D eigenvalue weighted by atomic mass is 35.5. The number of nitrogens with zero attached hydrogens (tertiary/aromatic N) is 2. The van der Waals surface area contributed by atoms with Crippen LogP contribution in [-0.4, -0.2) is 27.8 Å². The molecule has 6 heteroatoms. The fourth-order valence-electron chi connectivity index (χ4n) is 2.08. The molecule has 5 nitrogen and oxygen atoms in total. The Bertz CT molecular complexity index is 658. The maximum Gasteiger partial charge on any atom is 0.254 e. The Morgan fingerprint density at radius 3 is 2.55 bits per heavy atom. The molecule has 0 bridgehead atoms. The lowest BCUT2D eigenvalue weighted by Crippen LogP contribution is -2.45. The molecule has 0 spiro atoms. The molecule has 0 radical (unpaired) electrons. The first kappa shape index (κ1) is 18.2. The van der Waals surface area contributed by atoms with Crippen molar-refractivity contribution in [2.75, 3.05) is 6.54 Å². The molecule has 2 rings (SSSR count). The highest BCUT2D eigenvalue weighted by molar-refractivity contribution is 5.95. The van der Waals surface area contributed by atoms with Gasteiger partial charge in [-0.05, 0) is 39.3 Å². The zero-order valence-corrected chi connectivity index (χ0v) is 14.2. The number of para-hydroxylation sites is 1. The molecule has 0 unspecified atom stereocenters. The van der Waals surface area contributed by atoms with Gasteiger partial charge in [-0.1, -0.05) is 18.2 Å². The van der Waals surface area contributed by atoms with Crippen molar-refractivity contribution in [3.63, 3.8) is 0 Å². The van der Waals surface area contributed by atoms with Crippen LogP contribution in [0, 0.1) is 13.8 Å². The van der Waals surface area contributed by atoms with Gasteiger partial charge >= 0.3 is 0 Å². The number of aryl methyl sites for hydroxylation is 1. The van der Waals surface area contributed by atoms with E-state index in [1.807, 2.05) is 52.0 Å². The average Bonchev–Trinajstić information content (AvgIpc) is 2.78. The molecule has 0 saturated heterocycles. The van der Waals surface area contributed by atoms with Gasteiger partial charge in [-0.2, -0.15) is 5.10 Å². The van der Waals surface area contributed by atoms with E-state index in [0.717, 1.165) is 16.9 Å². The van der Waals surface area contributed by atoms with Crippen molar-refractivity contribution in [2.45, 2.75) is 33.2 Å². The van der Waals surface area contributed by atoms with Gasteiger partial charge < -0.3 is 11.1 Å². The maximum atomic E-state index is 12.2. The first-order valence-corrected chi connectivity index (χ1v) is 6.97. The Hall–Kier alpha value is -1.85. The van der Waals surface area contributed by atoms with E-state index < -0.39 is 5.54 Å². The third kappa shape index (κ3) is 4.08. The predicted octanol–water partition coefficient (Wildman–Crippen LogP) is 2.38. The Morgan fingerprint density at radius 1 is 1.32 bits per heavy atom. The molecule has 1 aromatic heterocycles. The molecule has 3 N–H and O–H groups in total. The highest BCUT2D eigenvalue weighted by Gasteiger charge is 2.18. The summed E-state index contributed by atoms with van der Waals surface area (Å²) in [5.74, 6) is -0.147. The summed E-state index contributed by atoms with van der Waals surface area (Å²) in [5, 5.41) is 7.18. The Kier molecular flexibility index (Phi) is 5.74. The Labute approximate surface area is 137 Å². The van der Waals surface area contributed by atoms with Gasteiger partial charge in [0.25, 0.3) is 5.91 Å². The van der Waals surface area contributed by atoms with Crippen LogP contribution in [0.25, 0.3) is 5.69 Å². The van der Waals surface area contributed by atoms with Gasteiger partial charge in [-0.15, -0.1) is 12.4 Å². The van der Waals surface area contributed by atoms with Crippen molar-refractivity contribution in [2.24, 2.45) is 5.73 Å². The second-order valence-electron chi connectivity index (χ2n) is 6.01. The minimum absolute atomic E-state index is 0. The van der Waals surface area contributed by atoms with Gasteiger partial charge in [0, 0.05) is 12.1 Å². The molecule has 0 saturated carbocycles. The van der Waals surface area contributed by atoms with E-state index in [1.54, 1.807) is 10.9 Å². The number of benzene rings is 1. The fraction of sp³-hybridized carbons (Fsp3) is 0.375. The second kappa shape index (κ2) is 6.94. The molecular formula is C16H23ClN4O. The van der Waals surface area contributed by atoms with Crippen LogP contribution in [0.2, 0.25) is 0 Å². The molecule has 0 aliphatic heterocycles. The topological polar surface area (TPSA) is 72.9 Å². The van der Waals surface area contributed by atoms with Crippen molar-refractivity contribution in [3.8, 4) is 5.69 Å². The van der Waals surface area contributed by atoms with E-state index in [-0.39, 0.29) is 18.3 Å². The normalized spacial score (nSPS) is 11.0. The van der Waals surface area contributed by atoms with Gasteiger partial charge in [0.1, 0.15) is 0 Å². The largest absolute Gasteiger partial charge is 0.350 e. The van der Waals surface area contributed by atoms with Gasteiger partial charge in [-0.3, -0.25) is 4.79 Å². The van der Waals surface area contributed by atoms with Crippen molar-refractivity contribution in [1.82, 2.24) is 15.1 Å². The fourth-order valence-corrected chi connectivity index (χ4v) is 2.08. The quantitative estimate of drug-likeness (QED) is 0.907. The number of amides is 1. The summed E-state index contributed by atoms with van der Waals surface area (Å²) in [5.41, 5.74) is 8.92. The van der Waals surface area contributed by atoms with Gasteiger partial charge in [0.15, 0.2) is 0 Å². The van der Waals surface area contributed by atoms with E-state index in [2.05, 4.69) is 10.4 Å². The number of carbonyl (C=O) groups is 1. The van der Waals surface area contributed by atoms with Crippen molar-refractivity contribution in [1.29, 1.82) is 0 Å². The molecule has 0 fully saturated rings. The molecule has 1 amide bonds. The lowest BCUT2D eigenvalue weighted by Gasteiger charge is -2.18. The summed E-state index contributed by atoms with van der Waals surface area (Å²) >= 11 is 0. The number of rotatable bonds is 4. The Morgan fingerprint density at radius 2 is 1.95 bits per heavy atom. The molecule has 0 atom stereocenters. The number of carbonyl (C=O) groups excluding carboxylic acids is 1. The minimum Gasteiger partial charge on any atom is -0.350 e. The monoisotopic (exact) mass is 322 g/mol. The van der Waals surface area contributed by atoms with Gasteiger partial charge in [0.2, 0.25) is 0 Å². The van der Waals surface area contributed by atoms with E-state index >= 15 is 0 Å². The Balaban J connectivity index is 0.00000242. The molecule has 1 heterocycles. The summed E-state index contributed by atoms with van der Waals surface area (Å²) in [4.78, 5) is 12.2. The molecular weight excluding hydrogens is 300 g/mol. The molecule has 120 valence electrons. The predicted molar refractivity (Wildman–Crippen MR) is 90.9 cm³/mol. The first-order chi connectivity index (χ1) is 9.79. The van der Waals surface area contributed by atoms with E-state index in [0.29, 0.717) is 12.1 Å². The van der Waals surface area contributed by atoms with Crippen LogP contribution in [0.5, 0.6) is 0 Å². The summed E-state index contributed by atoms with van der Waals surface area (Å²) in [6, 6.07) is 7.95. The number of aromatic nitrogens is 2. The van der Waals surface area contributed by atoms with E-state index in [1.165, 1.54) is 0 Å². The van der Waals surface area contributed by atoms with Crippen molar-refractivity contribution >= 4 is 18.3 Å². The SMILES string of the molecule is Cc1ccccc1-n1ncc(C(=O)NCC(C)(C)N)c1C.Cl. The lowest BCUT2D eigenvalue weighted by molar-refractivity contribution is 0.0945. The summed E-state index contributed by atoms with van der Waals surface area (Å²) < 4.78 is 1.79. The number of hydrogen-bond acceptors (Lipinski definition) is 3. The number of hydrogen-bond donors (Lipinski definition) is 2. The number of nitrogens with one attached hydrogen (secondary N) is 1. The van der Waals surface area contributed by atoms with Crippen LogP contribution in [0.15, 0.2) is 30.5 Å². The first-order valence-electron chi connectivity index (χ1n) is 6.97. The third-order valence-electron chi connectivity index (χ3n) is 3.30. The van der Waals surface area contributed by atoms with E-state index in [4.69, 9.17) is 5.73 Å². The van der Waals surface area contributed by atoms with E-state index in [9.17, 15) is 4.79 Å². The minimum atomic E-state index is -0.435. The number of nitrogens with two attached hydrogens (primary N) is 1. The molecule has 1 aromatic carbocycles. The number of halogens is 1. The maximum absolute atomic E-state index is 12.2. The van der Waals surface area contributed by atoms with Gasteiger partial charge in [0.05, 0.1) is 23.1 Å². The molecule has 0 aliphatic carbocycles. The third-order valence-corrected chi connectivity index (χ3v) is 3.30. The van der Waals surface area contributed by atoms with Crippen molar-refractivity contribution < 1.29 is 4.79 Å². The van der Waals surface area contributed by atoms with Crippen LogP contribution in [0.3, 0.4) is 0 Å². The molecule has 0 aliphatic rings. The second-order valence-corrected chi connectivity index (χ2v) is 6.01. The highest BCUT2D eigenvalue weighted by Crippen LogP contribution is 2.17. The summed E-state index contributed by atoms with van der Waals surface area (Å²) in [6.07, 6.45) is 1.60. The van der Waals surface area contributed by atoms with Crippen LogP contribution < -0.4 is 11.1 Å². The van der Waals surface area contributed by atoms with Crippen molar-refractivity contribution in [3.05, 3.63) is 47.3 Å². The van der Waals surface area contributed by atoms with Crippen LogP contribution >= 0.6 is 12.4 Å². The van der Waals surface area contributed by atoms with Gasteiger partial charge in [-0.25, -0.2) is 4.68 Å². The standard InChI is InChI=1S/C16H22N4O.ClH/c1-11-7-5-6-8-14(11)20-12(2)13(9-19-20)15(21)18-10-16(3,4)17;/h5-9H,10,17H2,1-4H3,(H,18,21);1H.